The summed E-state index contributed by atoms with van der Waals surface area (Å²) in [5.74, 6) is 0. The number of non-ortho nitro benzene ring substituents is 1. The van der Waals surface area contributed by atoms with Crippen molar-refractivity contribution in [1.82, 2.24) is 4.98 Å². The molecule has 3 N–H and O–H groups in total. The molecule has 1 aromatic carbocycles. The number of nitro groups is 1. The molecular formula is C11H14ClN3O2. The van der Waals surface area contributed by atoms with E-state index in [1.54, 1.807) is 6.07 Å². The maximum atomic E-state index is 10.9. The number of nitrogens with one attached hydrogen (secondary N) is 1. The molecule has 0 saturated carbocycles. The lowest BCUT2D eigenvalue weighted by molar-refractivity contribution is -0.383. The van der Waals surface area contributed by atoms with Gasteiger partial charge < -0.3 is 10.7 Å². The zero-order chi connectivity index (χ0) is 11.7. The average molecular weight is 256 g/mol. The summed E-state index contributed by atoms with van der Waals surface area (Å²) in [7, 11) is 0. The van der Waals surface area contributed by atoms with Crippen molar-refractivity contribution in [2.75, 3.05) is 6.54 Å². The largest absolute Gasteiger partial charge is 0.353 e. The monoisotopic (exact) mass is 255 g/mol. The van der Waals surface area contributed by atoms with Crippen molar-refractivity contribution in [2.45, 2.75) is 13.3 Å². The lowest BCUT2D eigenvalue weighted by Crippen LogP contribution is -2.03. The Kier molecular flexibility index (Phi) is 4.09. The number of nitro benzene ring substituents is 1. The van der Waals surface area contributed by atoms with Gasteiger partial charge in [0.15, 0.2) is 0 Å². The Bertz CT molecular complexity index is 551. The number of hydrogen-bond donors (Lipinski definition) is 2. The second kappa shape index (κ2) is 5.16. The third-order valence-electron chi connectivity index (χ3n) is 2.72. The van der Waals surface area contributed by atoms with Gasteiger partial charge in [-0.1, -0.05) is 12.1 Å². The standard InChI is InChI=1S/C11H13N3O2.ClH/c1-7-8(5-6-12)9-3-2-4-10(14(15)16)11(9)13-7;/h2-4,13H,5-6,12H2,1H3;1H. The first-order valence-electron chi connectivity index (χ1n) is 5.09. The maximum absolute atomic E-state index is 10.9. The van der Waals surface area contributed by atoms with Crippen LogP contribution in [0, 0.1) is 17.0 Å². The van der Waals surface area contributed by atoms with E-state index in [0.29, 0.717) is 12.1 Å². The third-order valence-corrected chi connectivity index (χ3v) is 2.72. The molecule has 92 valence electrons. The number of benzene rings is 1. The van der Waals surface area contributed by atoms with Gasteiger partial charge in [-0.15, -0.1) is 12.4 Å². The van der Waals surface area contributed by atoms with E-state index in [4.69, 9.17) is 5.73 Å². The first kappa shape index (κ1) is 13.5. The van der Waals surface area contributed by atoms with E-state index in [9.17, 15) is 10.1 Å². The van der Waals surface area contributed by atoms with Crippen LogP contribution in [0.5, 0.6) is 0 Å². The highest BCUT2D eigenvalue weighted by Crippen LogP contribution is 2.29. The summed E-state index contributed by atoms with van der Waals surface area (Å²) in [6.07, 6.45) is 0.729. The smallest absolute Gasteiger partial charge is 0.293 e. The number of nitrogens with two attached hydrogens (primary N) is 1. The Balaban J connectivity index is 0.00000144. The first-order chi connectivity index (χ1) is 7.65. The summed E-state index contributed by atoms with van der Waals surface area (Å²) < 4.78 is 0. The number of para-hydroxylation sites is 1. The van der Waals surface area contributed by atoms with Gasteiger partial charge in [0.05, 0.1) is 4.92 Å². The molecular weight excluding hydrogens is 242 g/mol. The molecule has 0 aliphatic rings. The number of halogens is 1. The molecule has 0 aliphatic carbocycles. The fourth-order valence-electron chi connectivity index (χ4n) is 2.01. The van der Waals surface area contributed by atoms with Crippen molar-refractivity contribution in [1.29, 1.82) is 0 Å². The van der Waals surface area contributed by atoms with Crippen LogP contribution in [0.2, 0.25) is 0 Å². The Hall–Kier alpha value is -1.59. The van der Waals surface area contributed by atoms with Gasteiger partial charge in [0.1, 0.15) is 5.52 Å². The molecule has 0 spiro atoms. The summed E-state index contributed by atoms with van der Waals surface area (Å²) in [6.45, 7) is 2.45. The van der Waals surface area contributed by atoms with Gasteiger partial charge in [0.25, 0.3) is 5.69 Å². The highest BCUT2D eigenvalue weighted by atomic mass is 35.5. The van der Waals surface area contributed by atoms with Crippen LogP contribution in [-0.2, 0) is 6.42 Å². The van der Waals surface area contributed by atoms with Crippen molar-refractivity contribution in [2.24, 2.45) is 5.73 Å². The second-order valence-corrected chi connectivity index (χ2v) is 3.72. The molecule has 0 radical (unpaired) electrons. The van der Waals surface area contributed by atoms with E-state index in [2.05, 4.69) is 4.98 Å². The first-order valence-corrected chi connectivity index (χ1v) is 5.09. The van der Waals surface area contributed by atoms with Crippen molar-refractivity contribution in [3.05, 3.63) is 39.6 Å². The molecule has 5 nitrogen and oxygen atoms in total. The predicted octanol–water partition coefficient (Wildman–Crippen LogP) is 2.31. The van der Waals surface area contributed by atoms with Crippen LogP contribution in [-0.4, -0.2) is 16.5 Å². The molecule has 6 heteroatoms. The Morgan fingerprint density at radius 3 is 2.76 bits per heavy atom. The molecule has 2 aromatic rings. The molecule has 1 aromatic heterocycles. The van der Waals surface area contributed by atoms with Gasteiger partial charge in [0.2, 0.25) is 0 Å². The van der Waals surface area contributed by atoms with Gasteiger partial charge in [-0.05, 0) is 25.5 Å². The molecule has 2 rings (SSSR count). The lowest BCUT2D eigenvalue weighted by atomic mass is 10.1. The molecule has 1 heterocycles. The number of aryl methyl sites for hydroxylation is 1. The van der Waals surface area contributed by atoms with Crippen LogP contribution in [0.4, 0.5) is 5.69 Å². The van der Waals surface area contributed by atoms with Gasteiger partial charge in [-0.3, -0.25) is 10.1 Å². The molecule has 17 heavy (non-hydrogen) atoms. The van der Waals surface area contributed by atoms with Crippen molar-refractivity contribution in [3.63, 3.8) is 0 Å². The number of nitrogens with zero attached hydrogens (tertiary/aromatic N) is 1. The highest BCUT2D eigenvalue weighted by molar-refractivity contribution is 5.91. The fraction of sp³-hybridized carbons (Fsp3) is 0.273. The SMILES string of the molecule is Cc1[nH]c2c([N+](=O)[O-])cccc2c1CCN.Cl. The minimum absolute atomic E-state index is 0. The Labute approximate surface area is 105 Å². The molecule has 0 amide bonds. The van der Waals surface area contributed by atoms with E-state index < -0.39 is 0 Å². The van der Waals surface area contributed by atoms with Crippen LogP contribution < -0.4 is 5.73 Å². The maximum Gasteiger partial charge on any atom is 0.293 e. The van der Waals surface area contributed by atoms with Gasteiger partial charge in [-0.2, -0.15) is 0 Å². The van der Waals surface area contributed by atoms with E-state index in [0.717, 1.165) is 23.1 Å². The second-order valence-electron chi connectivity index (χ2n) is 3.72. The minimum Gasteiger partial charge on any atom is -0.353 e. The Morgan fingerprint density at radius 2 is 2.18 bits per heavy atom. The number of aromatic amines is 1. The van der Waals surface area contributed by atoms with Crippen molar-refractivity contribution < 1.29 is 4.92 Å². The number of aromatic nitrogens is 1. The van der Waals surface area contributed by atoms with Crippen LogP contribution in [0.3, 0.4) is 0 Å². The number of rotatable bonds is 3. The topological polar surface area (TPSA) is 84.9 Å². The molecule has 0 atom stereocenters. The normalized spacial score (nSPS) is 10.2. The average Bonchev–Trinajstić information content (AvgIpc) is 2.56. The van der Waals surface area contributed by atoms with E-state index in [1.165, 1.54) is 6.07 Å². The zero-order valence-corrected chi connectivity index (χ0v) is 10.2. The van der Waals surface area contributed by atoms with Crippen LogP contribution in [0.1, 0.15) is 11.3 Å². The molecule has 0 unspecified atom stereocenters. The van der Waals surface area contributed by atoms with Crippen molar-refractivity contribution >= 4 is 29.0 Å². The predicted molar refractivity (Wildman–Crippen MR) is 69.7 cm³/mol. The molecule has 0 aliphatic heterocycles. The van der Waals surface area contributed by atoms with E-state index in [1.807, 2.05) is 13.0 Å². The highest BCUT2D eigenvalue weighted by Gasteiger charge is 2.16. The molecule has 0 saturated heterocycles. The van der Waals surface area contributed by atoms with Crippen molar-refractivity contribution in [3.8, 4) is 0 Å². The van der Waals surface area contributed by atoms with Gasteiger partial charge in [0, 0.05) is 17.1 Å². The summed E-state index contributed by atoms with van der Waals surface area (Å²) >= 11 is 0. The summed E-state index contributed by atoms with van der Waals surface area (Å²) in [5, 5.41) is 11.8. The molecule has 0 bridgehead atoms. The number of hydrogen-bond acceptors (Lipinski definition) is 3. The fourth-order valence-corrected chi connectivity index (χ4v) is 2.01. The quantitative estimate of drug-likeness (QED) is 0.652. The molecule has 0 fully saturated rings. The lowest BCUT2D eigenvalue weighted by Gasteiger charge is -1.97. The van der Waals surface area contributed by atoms with E-state index >= 15 is 0 Å². The summed E-state index contributed by atoms with van der Waals surface area (Å²) in [5.41, 5.74) is 8.26. The minimum atomic E-state index is -0.371. The third kappa shape index (κ3) is 2.25. The van der Waals surface area contributed by atoms with Crippen LogP contribution in [0.15, 0.2) is 18.2 Å². The Morgan fingerprint density at radius 1 is 1.47 bits per heavy atom. The van der Waals surface area contributed by atoms with Crippen LogP contribution >= 0.6 is 12.4 Å². The number of H-pyrrole nitrogens is 1. The summed E-state index contributed by atoms with van der Waals surface area (Å²) in [6, 6.07) is 5.09. The zero-order valence-electron chi connectivity index (χ0n) is 9.40. The van der Waals surface area contributed by atoms with Crippen LogP contribution in [0.25, 0.3) is 10.9 Å². The van der Waals surface area contributed by atoms with E-state index in [-0.39, 0.29) is 23.0 Å². The number of fused-ring (bicyclic) bond motifs is 1. The van der Waals surface area contributed by atoms with Gasteiger partial charge >= 0.3 is 0 Å². The van der Waals surface area contributed by atoms with Gasteiger partial charge in [-0.25, -0.2) is 0 Å². The summed E-state index contributed by atoms with van der Waals surface area (Å²) in [4.78, 5) is 13.5.